The van der Waals surface area contributed by atoms with Gasteiger partial charge in [0.2, 0.25) is 15.9 Å². The van der Waals surface area contributed by atoms with Crippen LogP contribution < -0.4 is 0 Å². The van der Waals surface area contributed by atoms with Gasteiger partial charge in [-0.1, -0.05) is 12.1 Å². The number of nitrogens with zero attached hydrogens (tertiary/aromatic N) is 2. The van der Waals surface area contributed by atoms with Gasteiger partial charge in [0.15, 0.2) is 0 Å². The average Bonchev–Trinajstić information content (AvgIpc) is 2.26. The van der Waals surface area contributed by atoms with E-state index in [1.165, 1.54) is 18.2 Å². The van der Waals surface area contributed by atoms with Gasteiger partial charge in [0.1, 0.15) is 4.90 Å². The van der Waals surface area contributed by atoms with E-state index in [1.807, 2.05) is 0 Å². The predicted molar refractivity (Wildman–Crippen MR) is 65.0 cm³/mol. The summed E-state index contributed by atoms with van der Waals surface area (Å²) in [5, 5.41) is 8.93. The third-order valence-corrected chi connectivity index (χ3v) is 5.94. The van der Waals surface area contributed by atoms with Crippen LogP contribution in [-0.4, -0.2) is 43.7 Å². The van der Waals surface area contributed by atoms with Crippen molar-refractivity contribution in [3.05, 3.63) is 24.3 Å². The van der Waals surface area contributed by atoms with Crippen LogP contribution in [0, 0.1) is 0 Å². The molecule has 0 aliphatic carbocycles. The Kier molecular flexibility index (Phi) is 2.86. The van der Waals surface area contributed by atoms with Crippen molar-refractivity contribution in [3.8, 4) is 0 Å². The van der Waals surface area contributed by atoms with E-state index < -0.39 is 31.9 Å². The van der Waals surface area contributed by atoms with Crippen molar-refractivity contribution in [2.75, 3.05) is 6.26 Å². The fraction of sp³-hybridized carbons (Fsp3) is 0.111. The van der Waals surface area contributed by atoms with Crippen LogP contribution in [0.15, 0.2) is 34.2 Å². The van der Waals surface area contributed by atoms with Gasteiger partial charge < -0.3 is 5.11 Å². The van der Waals surface area contributed by atoms with Crippen LogP contribution in [0.5, 0.6) is 0 Å². The highest BCUT2D eigenvalue weighted by Crippen LogP contribution is 2.33. The minimum absolute atomic E-state index is 0.111. The number of rotatable bonds is 2. The van der Waals surface area contributed by atoms with E-state index in [2.05, 4.69) is 4.99 Å². The molecule has 1 aromatic carbocycles. The molecule has 1 aromatic rings. The van der Waals surface area contributed by atoms with E-state index in [-0.39, 0.29) is 14.3 Å². The molecule has 0 bridgehead atoms. The van der Waals surface area contributed by atoms with Gasteiger partial charge >= 0.3 is 5.97 Å². The summed E-state index contributed by atoms with van der Waals surface area (Å²) in [7, 11) is -8.84. The van der Waals surface area contributed by atoms with Gasteiger partial charge in [0.25, 0.3) is 10.0 Å². The number of para-hydroxylation sites is 1. The molecule has 0 unspecified atom stereocenters. The number of fused-ring (bicyclic) bond motifs is 1. The van der Waals surface area contributed by atoms with Crippen molar-refractivity contribution in [2.45, 2.75) is 4.90 Å². The molecule has 102 valence electrons. The molecule has 1 aliphatic rings. The maximum atomic E-state index is 12.2. The number of hydrogen-bond acceptors (Lipinski definition) is 6. The van der Waals surface area contributed by atoms with E-state index in [9.17, 15) is 21.6 Å². The van der Waals surface area contributed by atoms with Crippen LogP contribution in [-0.2, 0) is 24.8 Å². The summed E-state index contributed by atoms with van der Waals surface area (Å²) in [6.07, 6.45) is 0.594. The zero-order chi connectivity index (χ0) is 14.4. The fourth-order valence-electron chi connectivity index (χ4n) is 1.59. The smallest absolute Gasteiger partial charge is 0.373 e. The average molecular weight is 304 g/mol. The summed E-state index contributed by atoms with van der Waals surface area (Å²) in [5.74, 6) is -2.82. The van der Waals surface area contributed by atoms with E-state index >= 15 is 0 Å². The summed E-state index contributed by atoms with van der Waals surface area (Å²) in [6.45, 7) is 0. The third-order valence-electron chi connectivity index (χ3n) is 2.25. The molecule has 0 aromatic heterocycles. The molecule has 0 fully saturated rings. The van der Waals surface area contributed by atoms with Gasteiger partial charge in [-0.15, -0.1) is 3.71 Å². The topological polar surface area (TPSA) is 121 Å². The molecule has 1 aliphatic heterocycles. The number of aliphatic imine (C=N–C) groups is 1. The van der Waals surface area contributed by atoms with Gasteiger partial charge in [0, 0.05) is 0 Å². The van der Waals surface area contributed by atoms with Crippen LogP contribution in [0.3, 0.4) is 0 Å². The second-order valence-corrected chi connectivity index (χ2v) is 7.49. The zero-order valence-electron chi connectivity index (χ0n) is 9.51. The molecule has 1 N–H and O–H groups in total. The number of hydrogen-bond donors (Lipinski definition) is 1. The minimum Gasteiger partial charge on any atom is -0.475 e. The van der Waals surface area contributed by atoms with Crippen LogP contribution in [0.25, 0.3) is 0 Å². The molecule has 19 heavy (non-hydrogen) atoms. The molecule has 8 nitrogen and oxygen atoms in total. The number of sulfonamides is 2. The highest BCUT2D eigenvalue weighted by atomic mass is 32.3. The summed E-state index contributed by atoms with van der Waals surface area (Å²) < 4.78 is 47.2. The van der Waals surface area contributed by atoms with Gasteiger partial charge in [-0.25, -0.2) is 18.2 Å². The molecule has 0 radical (unpaired) electrons. The van der Waals surface area contributed by atoms with E-state index in [0.717, 1.165) is 6.07 Å². The number of benzene rings is 1. The molecule has 0 spiro atoms. The summed E-state index contributed by atoms with van der Waals surface area (Å²) in [6, 6.07) is 5.30. The quantitative estimate of drug-likeness (QED) is 0.805. The molecular weight excluding hydrogens is 296 g/mol. The SMILES string of the molecule is CS(=O)(=O)N1C(C(=O)O)=Nc2ccccc2S1(=O)=O. The van der Waals surface area contributed by atoms with E-state index in [1.54, 1.807) is 0 Å². The van der Waals surface area contributed by atoms with Crippen molar-refractivity contribution in [1.82, 2.24) is 3.71 Å². The minimum atomic E-state index is -4.50. The highest BCUT2D eigenvalue weighted by Gasteiger charge is 2.43. The Balaban J connectivity index is 2.89. The molecule has 10 heteroatoms. The van der Waals surface area contributed by atoms with Crippen LogP contribution in [0.4, 0.5) is 5.69 Å². The Morgan fingerprint density at radius 3 is 2.42 bits per heavy atom. The second kappa shape index (κ2) is 4.03. The maximum absolute atomic E-state index is 12.2. The standard InChI is InChI=1S/C9H8N2O6S2/c1-18(14,15)11-8(9(12)13)10-6-4-2-3-5-7(6)19(11,16)17/h2-5H,1H3,(H,12,13). The van der Waals surface area contributed by atoms with Crippen molar-refractivity contribution in [3.63, 3.8) is 0 Å². The van der Waals surface area contributed by atoms with E-state index in [0.29, 0.717) is 6.26 Å². The molecule has 0 amide bonds. The summed E-state index contributed by atoms with van der Waals surface area (Å²) in [4.78, 5) is 14.2. The molecular formula is C9H8N2O6S2. The number of carboxylic acid groups (broad SMARTS) is 1. The van der Waals surface area contributed by atoms with Gasteiger partial charge in [-0.2, -0.15) is 8.42 Å². The predicted octanol–water partition coefficient (Wildman–Crippen LogP) is -0.235. The molecule has 1 heterocycles. The first-order chi connectivity index (χ1) is 8.65. The van der Waals surface area contributed by atoms with Crippen LogP contribution in [0.2, 0.25) is 0 Å². The van der Waals surface area contributed by atoms with Crippen LogP contribution in [0.1, 0.15) is 0 Å². The summed E-state index contributed by atoms with van der Waals surface area (Å²) >= 11 is 0. The fourth-order valence-corrected chi connectivity index (χ4v) is 4.84. The number of carbonyl (C=O) groups is 1. The normalized spacial score (nSPS) is 17.5. The number of amidine groups is 1. The Morgan fingerprint density at radius 1 is 1.32 bits per heavy atom. The van der Waals surface area contributed by atoms with Crippen molar-refractivity contribution in [2.24, 2.45) is 4.99 Å². The lowest BCUT2D eigenvalue weighted by molar-refractivity contribution is -0.129. The van der Waals surface area contributed by atoms with E-state index in [4.69, 9.17) is 5.11 Å². The molecule has 0 atom stereocenters. The largest absolute Gasteiger partial charge is 0.475 e. The number of aliphatic carboxylic acids is 1. The molecule has 0 saturated carbocycles. The second-order valence-electron chi connectivity index (χ2n) is 3.67. The monoisotopic (exact) mass is 304 g/mol. The van der Waals surface area contributed by atoms with Crippen molar-refractivity contribution in [1.29, 1.82) is 0 Å². The first-order valence-corrected chi connectivity index (χ1v) is 8.11. The Hall–Kier alpha value is -1.94. The molecule has 0 saturated heterocycles. The lowest BCUT2D eigenvalue weighted by Gasteiger charge is -2.25. The van der Waals surface area contributed by atoms with Crippen molar-refractivity contribution >= 4 is 37.5 Å². The Bertz CT molecular complexity index is 794. The third kappa shape index (κ3) is 2.08. The maximum Gasteiger partial charge on any atom is 0.373 e. The first kappa shape index (κ1) is 13.5. The first-order valence-electron chi connectivity index (χ1n) is 4.82. The lowest BCUT2D eigenvalue weighted by Crippen LogP contribution is -2.46. The van der Waals surface area contributed by atoms with Gasteiger partial charge in [-0.3, -0.25) is 0 Å². The van der Waals surface area contributed by atoms with Gasteiger partial charge in [-0.05, 0) is 12.1 Å². The number of carboxylic acids is 1. The van der Waals surface area contributed by atoms with Crippen molar-refractivity contribution < 1.29 is 26.7 Å². The zero-order valence-corrected chi connectivity index (χ0v) is 11.1. The summed E-state index contributed by atoms with van der Waals surface area (Å²) in [5.41, 5.74) is -0.111. The van der Waals surface area contributed by atoms with Gasteiger partial charge in [0.05, 0.1) is 11.9 Å². The lowest BCUT2D eigenvalue weighted by atomic mass is 10.3. The Morgan fingerprint density at radius 2 is 1.89 bits per heavy atom. The highest BCUT2D eigenvalue weighted by molar-refractivity contribution is 8.04. The Labute approximate surface area is 109 Å². The van der Waals surface area contributed by atoms with Crippen LogP contribution >= 0.6 is 0 Å². The molecule has 2 rings (SSSR count).